The first kappa shape index (κ1) is 67.4. The molecule has 1 atom stereocenters. The molecule has 0 aromatic rings. The molecule has 0 aromatic carbocycles. The van der Waals surface area contributed by atoms with Crippen molar-refractivity contribution in [3.8, 4) is 0 Å². The van der Waals surface area contributed by atoms with Gasteiger partial charge in [-0.2, -0.15) is 0 Å². The first-order valence-corrected chi connectivity index (χ1v) is 31.2. The number of unbranched alkanes of at least 4 members (excludes halogenated alkanes) is 42. The second-order valence-electron chi connectivity index (χ2n) is 22.6. The highest BCUT2D eigenvalue weighted by Gasteiger charge is 2.19. The Hall–Kier alpha value is -1.59. The van der Waals surface area contributed by atoms with Gasteiger partial charge in [0, 0.05) is 19.3 Å². The molecule has 0 saturated carbocycles. The lowest BCUT2D eigenvalue weighted by Gasteiger charge is -2.18. The Balaban J connectivity index is 4.29. The van der Waals surface area contributed by atoms with Crippen LogP contribution in [0.25, 0.3) is 0 Å². The molecule has 0 heterocycles. The topological polar surface area (TPSA) is 78.9 Å². The fourth-order valence-electron chi connectivity index (χ4n) is 9.76. The van der Waals surface area contributed by atoms with Crippen LogP contribution in [0, 0.1) is 11.8 Å². The molecule has 0 bridgehead atoms. The molecule has 0 aromatic heterocycles. The molecule has 0 aliphatic heterocycles. The van der Waals surface area contributed by atoms with Crippen LogP contribution in [0.5, 0.6) is 0 Å². The van der Waals surface area contributed by atoms with E-state index in [4.69, 9.17) is 14.2 Å². The Bertz CT molecular complexity index is 1060. The van der Waals surface area contributed by atoms with E-state index in [1.54, 1.807) is 0 Å². The predicted octanol–water partition coefficient (Wildman–Crippen LogP) is 20.8. The highest BCUT2D eigenvalue weighted by molar-refractivity contribution is 5.71. The molecule has 0 unspecified atom stereocenters. The molecule has 0 saturated heterocycles. The van der Waals surface area contributed by atoms with Crippen molar-refractivity contribution in [1.29, 1.82) is 0 Å². The lowest BCUT2D eigenvalue weighted by Crippen LogP contribution is -2.30. The van der Waals surface area contributed by atoms with Crippen LogP contribution in [0.2, 0.25) is 0 Å². The molecule has 69 heavy (non-hydrogen) atoms. The second-order valence-corrected chi connectivity index (χ2v) is 22.6. The van der Waals surface area contributed by atoms with Crippen molar-refractivity contribution in [1.82, 2.24) is 0 Å². The molecule has 6 heteroatoms. The van der Waals surface area contributed by atoms with Crippen LogP contribution in [0.3, 0.4) is 0 Å². The lowest BCUT2D eigenvalue weighted by atomic mass is 10.0. The third kappa shape index (κ3) is 57.2. The number of carbonyl (C=O) groups is 3. The Morgan fingerprint density at radius 1 is 0.275 bits per heavy atom. The van der Waals surface area contributed by atoms with Crippen molar-refractivity contribution in [2.75, 3.05) is 13.2 Å². The van der Waals surface area contributed by atoms with Crippen LogP contribution in [0.1, 0.15) is 356 Å². The largest absolute Gasteiger partial charge is 0.462 e. The molecule has 6 nitrogen and oxygen atoms in total. The number of hydrogen-bond donors (Lipinski definition) is 0. The Morgan fingerprint density at radius 2 is 0.478 bits per heavy atom. The van der Waals surface area contributed by atoms with Gasteiger partial charge in [-0.3, -0.25) is 14.4 Å². The Morgan fingerprint density at radius 3 is 0.710 bits per heavy atom. The summed E-state index contributed by atoms with van der Waals surface area (Å²) in [6.45, 7) is 11.4. The summed E-state index contributed by atoms with van der Waals surface area (Å²) in [5.74, 6) is 0.850. The van der Waals surface area contributed by atoms with Crippen LogP contribution in [-0.4, -0.2) is 37.2 Å². The molecule has 0 radical (unpaired) electrons. The standard InChI is InChI=1S/C63H122O6/c1-6-7-8-9-10-11-12-13-14-15-16-17-23-28-33-38-43-48-53-61(64)67-56-60(57-68-62(65)54-49-44-39-34-29-25-20-22-27-32-37-42-47-52-59(4)5)69-63(66)55-50-45-40-35-30-24-19-18-21-26-31-36-41-46-51-58(2)3/h58-60H,6-57H2,1-5H3/t60-/m0/s1. The van der Waals surface area contributed by atoms with E-state index < -0.39 is 6.10 Å². The summed E-state index contributed by atoms with van der Waals surface area (Å²) in [6.07, 6.45) is 61.0. The average molecular weight is 976 g/mol. The Labute approximate surface area is 431 Å². The summed E-state index contributed by atoms with van der Waals surface area (Å²) in [6, 6.07) is 0. The van der Waals surface area contributed by atoms with Gasteiger partial charge in [-0.25, -0.2) is 0 Å². The normalized spacial score (nSPS) is 12.0. The smallest absolute Gasteiger partial charge is 0.306 e. The van der Waals surface area contributed by atoms with Crippen LogP contribution in [0.15, 0.2) is 0 Å². The molecule has 0 rings (SSSR count). The molecule has 0 spiro atoms. The number of ether oxygens (including phenoxy) is 3. The molecule has 0 amide bonds. The zero-order valence-corrected chi connectivity index (χ0v) is 47.5. The maximum absolute atomic E-state index is 12.9. The van der Waals surface area contributed by atoms with Crippen molar-refractivity contribution in [3.63, 3.8) is 0 Å². The number of esters is 3. The predicted molar refractivity (Wildman–Crippen MR) is 298 cm³/mol. The van der Waals surface area contributed by atoms with Crippen LogP contribution >= 0.6 is 0 Å². The molecule has 0 N–H and O–H groups in total. The quantitative estimate of drug-likeness (QED) is 0.0343. The van der Waals surface area contributed by atoms with Crippen LogP contribution in [0.4, 0.5) is 0 Å². The maximum atomic E-state index is 12.9. The van der Waals surface area contributed by atoms with E-state index in [1.165, 1.54) is 244 Å². The molecular weight excluding hydrogens is 853 g/mol. The number of hydrogen-bond acceptors (Lipinski definition) is 6. The van der Waals surface area contributed by atoms with Gasteiger partial charge in [0.2, 0.25) is 0 Å². The minimum atomic E-state index is -0.763. The van der Waals surface area contributed by atoms with Gasteiger partial charge in [0.05, 0.1) is 0 Å². The fraction of sp³-hybridized carbons (Fsp3) is 0.952. The van der Waals surface area contributed by atoms with Gasteiger partial charge in [-0.15, -0.1) is 0 Å². The highest BCUT2D eigenvalue weighted by Crippen LogP contribution is 2.19. The van der Waals surface area contributed by atoms with Crippen molar-refractivity contribution in [2.24, 2.45) is 11.8 Å². The summed E-state index contributed by atoms with van der Waals surface area (Å²) >= 11 is 0. The summed E-state index contributed by atoms with van der Waals surface area (Å²) in [7, 11) is 0. The third-order valence-electron chi connectivity index (χ3n) is 14.5. The number of rotatable bonds is 57. The zero-order valence-electron chi connectivity index (χ0n) is 47.5. The fourth-order valence-corrected chi connectivity index (χ4v) is 9.76. The minimum absolute atomic E-state index is 0.0620. The van der Waals surface area contributed by atoms with Gasteiger partial charge in [-0.1, -0.05) is 317 Å². The maximum Gasteiger partial charge on any atom is 0.306 e. The van der Waals surface area contributed by atoms with E-state index in [9.17, 15) is 14.4 Å². The van der Waals surface area contributed by atoms with E-state index in [0.717, 1.165) is 69.6 Å². The van der Waals surface area contributed by atoms with Crippen molar-refractivity contribution in [2.45, 2.75) is 362 Å². The second kappa shape index (κ2) is 55.7. The van der Waals surface area contributed by atoms with E-state index in [0.29, 0.717) is 19.3 Å². The SMILES string of the molecule is CCCCCCCCCCCCCCCCCCCCC(=O)OC[C@@H](COC(=O)CCCCCCCCCCCCCCCC(C)C)OC(=O)CCCCCCCCCCCCCCCCC(C)C. The monoisotopic (exact) mass is 975 g/mol. The molecule has 0 aliphatic carbocycles. The molecular formula is C63H122O6. The summed E-state index contributed by atoms with van der Waals surface area (Å²) in [4.78, 5) is 38.3. The van der Waals surface area contributed by atoms with Gasteiger partial charge in [0.15, 0.2) is 6.10 Å². The first-order valence-electron chi connectivity index (χ1n) is 31.2. The van der Waals surface area contributed by atoms with E-state index >= 15 is 0 Å². The molecule has 410 valence electrons. The highest BCUT2D eigenvalue weighted by atomic mass is 16.6. The average Bonchev–Trinajstić information content (AvgIpc) is 3.32. The molecule has 0 aliphatic rings. The van der Waals surface area contributed by atoms with Gasteiger partial charge in [0.25, 0.3) is 0 Å². The van der Waals surface area contributed by atoms with Gasteiger partial charge < -0.3 is 14.2 Å². The van der Waals surface area contributed by atoms with Crippen LogP contribution in [-0.2, 0) is 28.6 Å². The third-order valence-corrected chi connectivity index (χ3v) is 14.5. The Kier molecular flexibility index (Phi) is 54.4. The first-order chi connectivity index (χ1) is 33.7. The molecule has 0 fully saturated rings. The zero-order chi connectivity index (χ0) is 50.4. The van der Waals surface area contributed by atoms with Gasteiger partial charge >= 0.3 is 17.9 Å². The van der Waals surface area contributed by atoms with Crippen molar-refractivity contribution >= 4 is 17.9 Å². The summed E-state index contributed by atoms with van der Waals surface area (Å²) < 4.78 is 16.9. The number of carbonyl (C=O) groups excluding carboxylic acids is 3. The lowest BCUT2D eigenvalue weighted by molar-refractivity contribution is -0.167. The van der Waals surface area contributed by atoms with E-state index in [1.807, 2.05) is 0 Å². The van der Waals surface area contributed by atoms with Gasteiger partial charge in [-0.05, 0) is 31.1 Å². The van der Waals surface area contributed by atoms with Crippen LogP contribution < -0.4 is 0 Å². The van der Waals surface area contributed by atoms with Crippen molar-refractivity contribution in [3.05, 3.63) is 0 Å². The van der Waals surface area contributed by atoms with E-state index in [-0.39, 0.29) is 31.1 Å². The van der Waals surface area contributed by atoms with Crippen molar-refractivity contribution < 1.29 is 28.6 Å². The minimum Gasteiger partial charge on any atom is -0.462 e. The summed E-state index contributed by atoms with van der Waals surface area (Å²) in [5.41, 5.74) is 0. The van der Waals surface area contributed by atoms with Gasteiger partial charge in [0.1, 0.15) is 13.2 Å². The summed E-state index contributed by atoms with van der Waals surface area (Å²) in [5, 5.41) is 0. The van der Waals surface area contributed by atoms with E-state index in [2.05, 4.69) is 34.6 Å².